The lowest BCUT2D eigenvalue weighted by atomic mass is 10.2. The molecule has 0 radical (unpaired) electrons. The molecule has 2 rings (SSSR count). The fourth-order valence-corrected chi connectivity index (χ4v) is 4.20. The number of nitrogens with zero attached hydrogens (tertiary/aromatic N) is 2. The molecule has 1 aliphatic rings. The fourth-order valence-electron chi connectivity index (χ4n) is 2.26. The molecule has 0 spiro atoms. The first-order chi connectivity index (χ1) is 9.78. The lowest BCUT2D eigenvalue weighted by molar-refractivity contribution is -0.384. The van der Waals surface area contributed by atoms with Crippen LogP contribution in [0.4, 0.5) is 5.69 Å². The standard InChI is InChI=1S/C12H16ClN3O4S/c1-15(11(7-14)8-2-3-8)21(19,20)12-5-4-9(16(17)18)6-10(12)13/h4-6,8,11H,2-3,7,14H2,1H3. The maximum absolute atomic E-state index is 12.6. The molecule has 1 aromatic rings. The van der Waals surface area contributed by atoms with E-state index in [-0.39, 0.29) is 34.1 Å². The number of nitro groups is 1. The molecule has 1 aliphatic carbocycles. The highest BCUT2D eigenvalue weighted by Gasteiger charge is 2.38. The molecule has 9 heteroatoms. The molecular formula is C12H16ClN3O4S. The average Bonchev–Trinajstić information content (AvgIpc) is 3.23. The third-order valence-corrected chi connectivity index (χ3v) is 6.02. The minimum absolute atomic E-state index is 0.142. The van der Waals surface area contributed by atoms with Crippen LogP contribution in [0, 0.1) is 16.0 Å². The highest BCUT2D eigenvalue weighted by molar-refractivity contribution is 7.89. The van der Waals surface area contributed by atoms with Gasteiger partial charge in [-0.2, -0.15) is 4.31 Å². The van der Waals surface area contributed by atoms with Gasteiger partial charge in [0.25, 0.3) is 5.69 Å². The van der Waals surface area contributed by atoms with Crippen LogP contribution in [-0.4, -0.2) is 37.3 Å². The van der Waals surface area contributed by atoms with E-state index in [0.717, 1.165) is 31.0 Å². The molecule has 1 atom stereocenters. The van der Waals surface area contributed by atoms with Gasteiger partial charge in [-0.15, -0.1) is 0 Å². The number of nitro benzene ring substituents is 1. The van der Waals surface area contributed by atoms with Crippen LogP contribution in [-0.2, 0) is 10.0 Å². The number of halogens is 1. The molecule has 0 bridgehead atoms. The summed E-state index contributed by atoms with van der Waals surface area (Å²) in [5.74, 6) is 0.270. The number of hydrogen-bond donors (Lipinski definition) is 1. The second kappa shape index (κ2) is 5.88. The zero-order chi connectivity index (χ0) is 15.8. The van der Waals surface area contributed by atoms with Gasteiger partial charge in [0.15, 0.2) is 0 Å². The summed E-state index contributed by atoms with van der Waals surface area (Å²) in [5, 5.41) is 10.5. The number of rotatable bonds is 6. The molecule has 0 aromatic heterocycles. The summed E-state index contributed by atoms with van der Waals surface area (Å²) in [5.41, 5.74) is 5.41. The van der Waals surface area contributed by atoms with Gasteiger partial charge in [-0.05, 0) is 24.8 Å². The highest BCUT2D eigenvalue weighted by Crippen LogP contribution is 2.37. The SMILES string of the molecule is CN(C(CN)C1CC1)S(=O)(=O)c1ccc([N+](=O)[O-])cc1Cl. The zero-order valence-electron chi connectivity index (χ0n) is 11.4. The van der Waals surface area contributed by atoms with Crippen LogP contribution in [0.2, 0.25) is 5.02 Å². The maximum atomic E-state index is 12.6. The van der Waals surface area contributed by atoms with Crippen LogP contribution in [0.15, 0.2) is 23.1 Å². The van der Waals surface area contributed by atoms with Crippen molar-refractivity contribution < 1.29 is 13.3 Å². The van der Waals surface area contributed by atoms with Gasteiger partial charge in [0.1, 0.15) is 4.90 Å². The lowest BCUT2D eigenvalue weighted by Gasteiger charge is -2.26. The van der Waals surface area contributed by atoms with Crippen LogP contribution in [0.1, 0.15) is 12.8 Å². The molecule has 0 heterocycles. The Balaban J connectivity index is 2.36. The van der Waals surface area contributed by atoms with Gasteiger partial charge in [0.2, 0.25) is 10.0 Å². The number of likely N-dealkylation sites (N-methyl/N-ethyl adjacent to an activating group) is 1. The Morgan fingerprint density at radius 3 is 2.57 bits per heavy atom. The van der Waals surface area contributed by atoms with Crippen molar-refractivity contribution in [3.8, 4) is 0 Å². The molecule has 1 aromatic carbocycles. The Hall–Kier alpha value is -1.22. The summed E-state index contributed by atoms with van der Waals surface area (Å²) >= 11 is 5.90. The Kier molecular flexibility index (Phi) is 4.52. The topological polar surface area (TPSA) is 107 Å². The maximum Gasteiger partial charge on any atom is 0.271 e. The van der Waals surface area contributed by atoms with E-state index in [1.807, 2.05) is 0 Å². The molecule has 1 saturated carbocycles. The average molecular weight is 334 g/mol. The second-order valence-electron chi connectivity index (χ2n) is 5.03. The minimum Gasteiger partial charge on any atom is -0.329 e. The van der Waals surface area contributed by atoms with Crippen molar-refractivity contribution in [2.24, 2.45) is 11.7 Å². The normalized spacial score (nSPS) is 17.0. The van der Waals surface area contributed by atoms with E-state index in [2.05, 4.69) is 0 Å². The van der Waals surface area contributed by atoms with Gasteiger partial charge in [-0.3, -0.25) is 10.1 Å². The Morgan fingerprint density at radius 2 is 2.14 bits per heavy atom. The van der Waals surface area contributed by atoms with Crippen molar-refractivity contribution >= 4 is 27.3 Å². The van der Waals surface area contributed by atoms with E-state index in [4.69, 9.17) is 17.3 Å². The van der Waals surface area contributed by atoms with Crippen molar-refractivity contribution in [3.05, 3.63) is 33.3 Å². The Labute approximate surface area is 127 Å². The number of nitrogens with two attached hydrogens (primary N) is 1. The number of hydrogen-bond acceptors (Lipinski definition) is 5. The molecule has 2 N–H and O–H groups in total. The Bertz CT molecular complexity index is 660. The fraction of sp³-hybridized carbons (Fsp3) is 0.500. The number of sulfonamides is 1. The van der Waals surface area contributed by atoms with Crippen LogP contribution in [0.5, 0.6) is 0 Å². The summed E-state index contributed by atoms with van der Waals surface area (Å²) in [4.78, 5) is 9.90. The van der Waals surface area contributed by atoms with Crippen molar-refractivity contribution in [2.75, 3.05) is 13.6 Å². The predicted octanol–water partition coefficient (Wildman–Crippen LogP) is 1.61. The van der Waals surface area contributed by atoms with E-state index < -0.39 is 14.9 Å². The molecule has 116 valence electrons. The van der Waals surface area contributed by atoms with Gasteiger partial charge in [-0.1, -0.05) is 11.6 Å². The van der Waals surface area contributed by atoms with E-state index in [0.29, 0.717) is 0 Å². The molecule has 1 fully saturated rings. The summed E-state index contributed by atoms with van der Waals surface area (Å²) in [6.07, 6.45) is 1.91. The highest BCUT2D eigenvalue weighted by atomic mass is 35.5. The monoisotopic (exact) mass is 333 g/mol. The van der Waals surface area contributed by atoms with E-state index in [1.165, 1.54) is 11.4 Å². The van der Waals surface area contributed by atoms with Gasteiger partial charge in [0.05, 0.1) is 9.95 Å². The first kappa shape index (κ1) is 16.2. The van der Waals surface area contributed by atoms with Gasteiger partial charge in [-0.25, -0.2) is 8.42 Å². The van der Waals surface area contributed by atoms with Gasteiger partial charge in [0, 0.05) is 31.8 Å². The van der Waals surface area contributed by atoms with Crippen LogP contribution >= 0.6 is 11.6 Å². The number of non-ortho nitro benzene ring substituents is 1. The van der Waals surface area contributed by atoms with Gasteiger partial charge >= 0.3 is 0 Å². The largest absolute Gasteiger partial charge is 0.329 e. The molecule has 21 heavy (non-hydrogen) atoms. The van der Waals surface area contributed by atoms with Crippen molar-refractivity contribution in [1.82, 2.24) is 4.31 Å². The molecule has 0 saturated heterocycles. The molecule has 0 amide bonds. The molecule has 7 nitrogen and oxygen atoms in total. The third kappa shape index (κ3) is 3.18. The smallest absolute Gasteiger partial charge is 0.271 e. The Morgan fingerprint density at radius 1 is 1.52 bits per heavy atom. The summed E-state index contributed by atoms with van der Waals surface area (Å²) in [6, 6.07) is 3.05. The van der Waals surface area contributed by atoms with Crippen LogP contribution < -0.4 is 5.73 Å². The van der Waals surface area contributed by atoms with Crippen molar-refractivity contribution in [1.29, 1.82) is 0 Å². The van der Waals surface area contributed by atoms with Crippen LogP contribution in [0.3, 0.4) is 0 Å². The third-order valence-electron chi connectivity index (χ3n) is 3.66. The first-order valence-corrected chi connectivity index (χ1v) is 8.23. The number of benzene rings is 1. The van der Waals surface area contributed by atoms with E-state index >= 15 is 0 Å². The molecule has 1 unspecified atom stereocenters. The molecular weight excluding hydrogens is 318 g/mol. The van der Waals surface area contributed by atoms with E-state index in [1.54, 1.807) is 0 Å². The van der Waals surface area contributed by atoms with Crippen LogP contribution in [0.25, 0.3) is 0 Å². The van der Waals surface area contributed by atoms with Gasteiger partial charge < -0.3 is 5.73 Å². The second-order valence-corrected chi connectivity index (χ2v) is 7.41. The lowest BCUT2D eigenvalue weighted by Crippen LogP contribution is -2.43. The summed E-state index contributed by atoms with van der Waals surface area (Å²) < 4.78 is 26.4. The summed E-state index contributed by atoms with van der Waals surface area (Å²) in [6.45, 7) is 0.227. The zero-order valence-corrected chi connectivity index (χ0v) is 13.0. The quantitative estimate of drug-likeness (QED) is 0.628. The summed E-state index contributed by atoms with van der Waals surface area (Å²) in [7, 11) is -2.37. The predicted molar refractivity (Wildman–Crippen MR) is 78.6 cm³/mol. The first-order valence-electron chi connectivity index (χ1n) is 6.41. The van der Waals surface area contributed by atoms with E-state index in [9.17, 15) is 18.5 Å². The minimum atomic E-state index is -3.83. The van der Waals surface area contributed by atoms with Crippen molar-refractivity contribution in [3.63, 3.8) is 0 Å². The van der Waals surface area contributed by atoms with Crippen molar-refractivity contribution in [2.45, 2.75) is 23.8 Å². The molecule has 0 aliphatic heterocycles.